The second-order valence-electron chi connectivity index (χ2n) is 8.57. The molecule has 3 aliphatic heterocycles. The number of imide groups is 1. The van der Waals surface area contributed by atoms with Gasteiger partial charge in [0.2, 0.25) is 23.6 Å². The first-order valence-electron chi connectivity index (χ1n) is 10.3. The van der Waals surface area contributed by atoms with Crippen molar-refractivity contribution >= 4 is 29.3 Å². The molecule has 2 saturated heterocycles. The van der Waals surface area contributed by atoms with Crippen LogP contribution >= 0.6 is 0 Å². The molecule has 8 nitrogen and oxygen atoms in total. The minimum absolute atomic E-state index is 0.0490. The Hall–Kier alpha value is -3.59. The van der Waals surface area contributed by atoms with Gasteiger partial charge in [0, 0.05) is 23.7 Å². The Morgan fingerprint density at radius 3 is 2.53 bits per heavy atom. The molecule has 4 N–H and O–H groups in total. The quantitative estimate of drug-likeness (QED) is 0.616. The van der Waals surface area contributed by atoms with Gasteiger partial charge in [0.15, 0.2) is 0 Å². The first-order valence-corrected chi connectivity index (χ1v) is 10.3. The van der Waals surface area contributed by atoms with Crippen molar-refractivity contribution in [1.29, 1.82) is 0 Å². The van der Waals surface area contributed by atoms with E-state index >= 15 is 0 Å². The Balaban J connectivity index is 1.60. The van der Waals surface area contributed by atoms with Gasteiger partial charge < -0.3 is 11.1 Å². The van der Waals surface area contributed by atoms with E-state index in [1.165, 1.54) is 24.3 Å². The zero-order valence-corrected chi connectivity index (χ0v) is 17.2. The Labute approximate surface area is 182 Å². The van der Waals surface area contributed by atoms with Crippen molar-refractivity contribution in [3.63, 3.8) is 0 Å². The molecule has 0 unspecified atom stereocenters. The van der Waals surface area contributed by atoms with E-state index in [9.17, 15) is 23.6 Å². The van der Waals surface area contributed by atoms with Gasteiger partial charge in [-0.15, -0.1) is 0 Å². The van der Waals surface area contributed by atoms with Crippen LogP contribution in [0.15, 0.2) is 42.5 Å². The first-order chi connectivity index (χ1) is 15.2. The van der Waals surface area contributed by atoms with Crippen LogP contribution in [0.1, 0.15) is 23.1 Å². The molecule has 32 heavy (non-hydrogen) atoms. The van der Waals surface area contributed by atoms with Crippen LogP contribution < -0.4 is 16.4 Å². The fourth-order valence-corrected chi connectivity index (χ4v) is 5.36. The molecule has 0 aromatic heterocycles. The highest BCUT2D eigenvalue weighted by Crippen LogP contribution is 2.54. The summed E-state index contributed by atoms with van der Waals surface area (Å²) in [5.74, 6) is -4.44. The summed E-state index contributed by atoms with van der Waals surface area (Å²) < 4.78 is 13.3. The number of nitrogens with two attached hydrogens (primary N) is 1. The SMILES string of the molecule is Cc1cccc2c1NC(=O)[C@@]21N[C@H](CC(N)=O)[C@H]2C(=O)N(Cc3ccc(F)cc3)C(=O)[C@H]21. The number of benzene rings is 2. The number of primary amides is 1. The van der Waals surface area contributed by atoms with Crippen molar-refractivity contribution in [2.24, 2.45) is 17.6 Å². The molecule has 3 aliphatic rings. The summed E-state index contributed by atoms with van der Waals surface area (Å²) in [4.78, 5) is 53.2. The summed E-state index contributed by atoms with van der Waals surface area (Å²) >= 11 is 0. The third-order valence-corrected chi connectivity index (χ3v) is 6.72. The molecule has 4 amide bonds. The molecule has 0 bridgehead atoms. The second-order valence-corrected chi connectivity index (χ2v) is 8.57. The maximum Gasteiger partial charge on any atom is 0.250 e. The predicted octanol–water partition coefficient (Wildman–Crippen LogP) is 0.930. The molecule has 2 fully saturated rings. The van der Waals surface area contributed by atoms with Crippen molar-refractivity contribution in [2.75, 3.05) is 5.32 Å². The molecule has 5 rings (SSSR count). The van der Waals surface area contributed by atoms with Gasteiger partial charge in [0.25, 0.3) is 0 Å². The number of nitrogens with one attached hydrogen (secondary N) is 2. The topological polar surface area (TPSA) is 122 Å². The van der Waals surface area contributed by atoms with Gasteiger partial charge in [-0.3, -0.25) is 29.4 Å². The van der Waals surface area contributed by atoms with Crippen LogP contribution in [0.5, 0.6) is 0 Å². The number of amides is 4. The number of carbonyl (C=O) groups is 4. The van der Waals surface area contributed by atoms with Crippen molar-refractivity contribution < 1.29 is 23.6 Å². The lowest BCUT2D eigenvalue weighted by Gasteiger charge is -2.29. The summed E-state index contributed by atoms with van der Waals surface area (Å²) in [6.07, 6.45) is -0.194. The average molecular weight is 436 g/mol. The highest BCUT2D eigenvalue weighted by atomic mass is 19.1. The Morgan fingerprint density at radius 2 is 1.84 bits per heavy atom. The lowest BCUT2D eigenvalue weighted by Crippen LogP contribution is -2.53. The fraction of sp³-hybridized carbons (Fsp3) is 0.304. The predicted molar refractivity (Wildman–Crippen MR) is 111 cm³/mol. The van der Waals surface area contributed by atoms with E-state index in [2.05, 4.69) is 10.6 Å². The molecule has 2 aromatic carbocycles. The lowest BCUT2D eigenvalue weighted by molar-refractivity contribution is -0.143. The summed E-state index contributed by atoms with van der Waals surface area (Å²) in [6, 6.07) is 10.1. The van der Waals surface area contributed by atoms with Crippen molar-refractivity contribution in [1.82, 2.24) is 10.2 Å². The van der Waals surface area contributed by atoms with Crippen LogP contribution in [0.25, 0.3) is 0 Å². The highest BCUT2D eigenvalue weighted by molar-refractivity contribution is 6.15. The van der Waals surface area contributed by atoms with Crippen molar-refractivity contribution in [2.45, 2.75) is 31.5 Å². The Bertz CT molecular complexity index is 1180. The zero-order chi connectivity index (χ0) is 22.8. The van der Waals surface area contributed by atoms with Crippen molar-refractivity contribution in [3.8, 4) is 0 Å². The number of fused-ring (bicyclic) bond motifs is 4. The summed E-state index contributed by atoms with van der Waals surface area (Å²) in [5.41, 5.74) is 6.52. The number of hydrogen-bond donors (Lipinski definition) is 3. The minimum atomic E-state index is -1.48. The second kappa shape index (κ2) is 6.96. The number of rotatable bonds is 4. The van der Waals surface area contributed by atoms with E-state index in [-0.39, 0.29) is 13.0 Å². The van der Waals surface area contributed by atoms with Crippen molar-refractivity contribution in [3.05, 3.63) is 65.0 Å². The minimum Gasteiger partial charge on any atom is -0.370 e. The number of anilines is 1. The van der Waals surface area contributed by atoms with Crippen LogP contribution in [0.3, 0.4) is 0 Å². The number of likely N-dealkylation sites (tertiary alicyclic amines) is 1. The van der Waals surface area contributed by atoms with E-state index in [0.29, 0.717) is 16.8 Å². The molecule has 0 aliphatic carbocycles. The molecular formula is C23H21FN4O4. The van der Waals surface area contributed by atoms with Crippen LogP contribution in [0.2, 0.25) is 0 Å². The van der Waals surface area contributed by atoms with E-state index in [4.69, 9.17) is 5.73 Å². The largest absolute Gasteiger partial charge is 0.370 e. The van der Waals surface area contributed by atoms with Gasteiger partial charge in [-0.1, -0.05) is 30.3 Å². The molecule has 2 aromatic rings. The summed E-state index contributed by atoms with van der Waals surface area (Å²) in [5, 5.41) is 6.00. The zero-order valence-electron chi connectivity index (χ0n) is 17.2. The van der Waals surface area contributed by atoms with E-state index in [1.807, 2.05) is 13.0 Å². The number of para-hydroxylation sites is 1. The summed E-state index contributed by atoms with van der Waals surface area (Å²) in [6.45, 7) is 1.79. The number of hydrogen-bond acceptors (Lipinski definition) is 5. The maximum absolute atomic E-state index is 13.6. The lowest BCUT2D eigenvalue weighted by atomic mass is 9.76. The van der Waals surface area contributed by atoms with Gasteiger partial charge in [-0.25, -0.2) is 4.39 Å². The normalized spacial score (nSPS) is 28.2. The highest BCUT2D eigenvalue weighted by Gasteiger charge is 2.70. The molecule has 1 spiro atoms. The van der Waals surface area contributed by atoms with E-state index in [0.717, 1.165) is 10.5 Å². The van der Waals surface area contributed by atoms with Gasteiger partial charge in [0.05, 0.1) is 18.4 Å². The molecule has 164 valence electrons. The number of halogens is 1. The van der Waals surface area contributed by atoms with Gasteiger partial charge in [-0.2, -0.15) is 0 Å². The van der Waals surface area contributed by atoms with Crippen LogP contribution in [0.4, 0.5) is 10.1 Å². The molecule has 4 atom stereocenters. The average Bonchev–Trinajstić information content (AvgIpc) is 3.31. The summed E-state index contributed by atoms with van der Waals surface area (Å²) in [7, 11) is 0. The maximum atomic E-state index is 13.6. The molecule has 0 saturated carbocycles. The van der Waals surface area contributed by atoms with Gasteiger partial charge >= 0.3 is 0 Å². The first kappa shape index (κ1) is 20.3. The third-order valence-electron chi connectivity index (χ3n) is 6.72. The van der Waals surface area contributed by atoms with Gasteiger partial charge in [0.1, 0.15) is 11.4 Å². The van der Waals surface area contributed by atoms with Crippen LogP contribution in [0, 0.1) is 24.6 Å². The molecule has 9 heteroatoms. The number of aryl methyl sites for hydroxylation is 1. The van der Waals surface area contributed by atoms with Gasteiger partial charge in [-0.05, 0) is 30.2 Å². The number of carbonyl (C=O) groups excluding carboxylic acids is 4. The number of nitrogens with zero attached hydrogens (tertiary/aromatic N) is 1. The fourth-order valence-electron chi connectivity index (χ4n) is 5.36. The van der Waals surface area contributed by atoms with Crippen LogP contribution in [-0.2, 0) is 31.3 Å². The van der Waals surface area contributed by atoms with E-state index < -0.39 is 52.9 Å². The molecule has 3 heterocycles. The van der Waals surface area contributed by atoms with Crippen LogP contribution in [-0.4, -0.2) is 34.6 Å². The van der Waals surface area contributed by atoms with E-state index in [1.54, 1.807) is 12.1 Å². The third kappa shape index (κ3) is 2.70. The monoisotopic (exact) mass is 436 g/mol. The Morgan fingerprint density at radius 1 is 1.12 bits per heavy atom. The standard InChI is InChI=1S/C23H21FN4O4/c1-11-3-2-4-14-19(11)26-22(32)23(14)18-17(15(27-23)9-16(25)29)20(30)28(21(18)31)10-12-5-7-13(24)8-6-12/h2-8,15,17-18,27H,9-10H2,1H3,(H2,25,29)(H,26,32)/t15-,17-,18+,23-/m1/s1. The molecule has 0 radical (unpaired) electrons. The Kier molecular flexibility index (Phi) is 4.42. The smallest absolute Gasteiger partial charge is 0.250 e. The molecular weight excluding hydrogens is 415 g/mol.